The van der Waals surface area contributed by atoms with Crippen molar-refractivity contribution in [2.24, 2.45) is 0 Å². The van der Waals surface area contributed by atoms with Crippen molar-refractivity contribution in [2.75, 3.05) is 0 Å². The topological polar surface area (TPSA) is 112 Å². The van der Waals surface area contributed by atoms with Gasteiger partial charge in [-0.3, -0.25) is 0 Å². The van der Waals surface area contributed by atoms with Gasteiger partial charge in [0.25, 0.3) is 0 Å². The molecule has 0 aliphatic heterocycles. The van der Waals surface area contributed by atoms with E-state index < -0.39 is 40.2 Å². The first-order valence-corrected chi connectivity index (χ1v) is 5.05. The van der Waals surface area contributed by atoms with Crippen LogP contribution in [0.15, 0.2) is 0 Å². The molecule has 0 bridgehead atoms. The molecule has 0 aromatic carbocycles. The van der Waals surface area contributed by atoms with Crippen LogP contribution < -0.4 is 0 Å². The standard InChI is InChI=1S/C6H5NO6P2/c8-5(9)1-4(6(10)11)7(2-14-12)3-15-13/h4H,1H2,(H,8,9)(H,10,11)/t4-/m0/s1. The van der Waals surface area contributed by atoms with Gasteiger partial charge in [-0.2, -0.15) is 0 Å². The number of rotatable bonds is 4. The number of hydrogen-bond donors (Lipinski definition) is 2. The van der Waals surface area contributed by atoms with Crippen molar-refractivity contribution in [3.05, 3.63) is 0 Å². The van der Waals surface area contributed by atoms with Gasteiger partial charge in [0.05, 0.1) is 0 Å². The number of carbonyl (C=O) groups is 2. The summed E-state index contributed by atoms with van der Waals surface area (Å²) in [6, 6.07) is -1.54. The zero-order valence-electron chi connectivity index (χ0n) is 7.15. The first-order valence-electron chi connectivity index (χ1n) is 3.42. The maximum atomic E-state index is 10.6. The summed E-state index contributed by atoms with van der Waals surface area (Å²) in [6.07, 6.45) is -0.750. The third-order valence-corrected chi connectivity index (χ3v) is 1.86. The molecule has 2 N–H and O–H groups in total. The van der Waals surface area contributed by atoms with E-state index in [9.17, 15) is 18.7 Å². The van der Waals surface area contributed by atoms with Crippen LogP contribution in [0.5, 0.6) is 0 Å². The van der Waals surface area contributed by atoms with Crippen molar-refractivity contribution in [2.45, 2.75) is 12.5 Å². The van der Waals surface area contributed by atoms with Crippen LogP contribution in [0.3, 0.4) is 0 Å². The molecule has 0 aliphatic carbocycles. The van der Waals surface area contributed by atoms with E-state index in [0.717, 1.165) is 0 Å². The molecule has 0 amide bonds. The Labute approximate surface area is 86.3 Å². The van der Waals surface area contributed by atoms with E-state index in [1.165, 1.54) is 0 Å². The third-order valence-electron chi connectivity index (χ3n) is 1.26. The van der Waals surface area contributed by atoms with Gasteiger partial charge in [0.15, 0.2) is 0 Å². The number of carboxylic acid groups (broad SMARTS) is 2. The third kappa shape index (κ3) is 5.38. The SMILES string of the molecule is O=P#CN(C#P=O)[C@@H](CC(=O)O)C(=O)O. The fraction of sp³-hybridized carbons (Fsp3) is 0.333. The van der Waals surface area contributed by atoms with Gasteiger partial charge in [0.1, 0.15) is 0 Å². The molecule has 0 rings (SSSR count). The second-order valence-electron chi connectivity index (χ2n) is 2.20. The Hall–Kier alpha value is -1.08. The predicted octanol–water partition coefficient (Wildman–Crippen LogP) is 0.633. The molecule has 0 unspecified atom stereocenters. The Bertz CT molecular complexity index is 434. The Morgan fingerprint density at radius 3 is 1.93 bits per heavy atom. The van der Waals surface area contributed by atoms with Gasteiger partial charge in [-0.1, -0.05) is 0 Å². The van der Waals surface area contributed by atoms with E-state index in [4.69, 9.17) is 10.2 Å². The van der Waals surface area contributed by atoms with Crippen molar-refractivity contribution < 1.29 is 28.9 Å². The molecule has 0 fully saturated rings. The molecule has 80 valence electrons. The minimum absolute atomic E-state index is 0.569. The summed E-state index contributed by atoms with van der Waals surface area (Å²) in [4.78, 5) is 21.5. The van der Waals surface area contributed by atoms with Gasteiger partial charge in [0.2, 0.25) is 0 Å². The summed E-state index contributed by atoms with van der Waals surface area (Å²) in [6.45, 7) is 0. The summed E-state index contributed by atoms with van der Waals surface area (Å²) in [5.74, 6) is 1.09. The zero-order valence-corrected chi connectivity index (χ0v) is 8.94. The molecular formula is C6H5NO6P2. The normalized spacial score (nSPS) is 11.0. The van der Waals surface area contributed by atoms with Crippen LogP contribution in [0.1, 0.15) is 6.42 Å². The van der Waals surface area contributed by atoms with Crippen LogP contribution in [0, 0.1) is 11.5 Å². The molecule has 15 heavy (non-hydrogen) atoms. The summed E-state index contributed by atoms with van der Waals surface area (Å²) < 4.78 is 20.3. The second-order valence-corrected chi connectivity index (χ2v) is 2.97. The quantitative estimate of drug-likeness (QED) is 0.555. The number of hydrogen-bond acceptors (Lipinski definition) is 5. The number of carboxylic acids is 2. The molecule has 0 aromatic rings. The van der Waals surface area contributed by atoms with Crippen LogP contribution in [-0.4, -0.2) is 33.1 Å². The Balaban J connectivity index is 5.11. The summed E-state index contributed by atoms with van der Waals surface area (Å²) >= 11 is 0. The van der Waals surface area contributed by atoms with E-state index >= 15 is 0 Å². The minimum atomic E-state index is -1.54. The maximum absolute atomic E-state index is 10.6. The molecule has 0 saturated heterocycles. The molecule has 0 heterocycles. The van der Waals surface area contributed by atoms with Crippen molar-refractivity contribution >= 4 is 27.8 Å². The average molecular weight is 249 g/mol. The Morgan fingerprint density at radius 2 is 1.67 bits per heavy atom. The fourth-order valence-electron chi connectivity index (χ4n) is 0.704. The van der Waals surface area contributed by atoms with Gasteiger partial charge < -0.3 is 0 Å². The van der Waals surface area contributed by atoms with Crippen LogP contribution in [0.4, 0.5) is 0 Å². The van der Waals surface area contributed by atoms with Crippen LogP contribution in [0.25, 0.3) is 0 Å². The zero-order chi connectivity index (χ0) is 11.8. The summed E-state index contributed by atoms with van der Waals surface area (Å²) in [5, 5.41) is 17.1. The molecule has 1 atom stereocenters. The van der Waals surface area contributed by atoms with Gasteiger partial charge in [-0.25, -0.2) is 0 Å². The van der Waals surface area contributed by atoms with Crippen LogP contribution in [0.2, 0.25) is 0 Å². The molecule has 0 aliphatic rings. The van der Waals surface area contributed by atoms with Crippen molar-refractivity contribution in [1.82, 2.24) is 4.90 Å². The van der Waals surface area contributed by atoms with E-state index in [0.29, 0.717) is 4.90 Å². The van der Waals surface area contributed by atoms with E-state index in [2.05, 4.69) is 0 Å². The average Bonchev–Trinajstić information content (AvgIpc) is 2.13. The van der Waals surface area contributed by atoms with Crippen LogP contribution in [-0.2, 0) is 18.7 Å². The van der Waals surface area contributed by atoms with E-state index in [-0.39, 0.29) is 0 Å². The van der Waals surface area contributed by atoms with E-state index in [1.54, 1.807) is 0 Å². The van der Waals surface area contributed by atoms with Gasteiger partial charge >= 0.3 is 85.6 Å². The summed E-state index contributed by atoms with van der Waals surface area (Å²) in [7, 11) is -1.32. The van der Waals surface area contributed by atoms with Crippen molar-refractivity contribution in [1.29, 1.82) is 0 Å². The molecule has 9 heteroatoms. The molecule has 7 nitrogen and oxygen atoms in total. The predicted molar refractivity (Wildman–Crippen MR) is 48.5 cm³/mol. The van der Waals surface area contributed by atoms with Crippen molar-refractivity contribution in [3.63, 3.8) is 0 Å². The fourth-order valence-corrected chi connectivity index (χ4v) is 1.34. The van der Waals surface area contributed by atoms with Gasteiger partial charge in [0, 0.05) is 0 Å². The van der Waals surface area contributed by atoms with Gasteiger partial charge in [-0.05, 0) is 0 Å². The first kappa shape index (κ1) is 13.9. The molecule has 0 saturated carbocycles. The number of aliphatic carboxylic acids is 2. The van der Waals surface area contributed by atoms with Crippen LogP contribution >= 0.6 is 15.8 Å². The number of nitrogens with zero attached hydrogens (tertiary/aromatic N) is 1. The van der Waals surface area contributed by atoms with Crippen molar-refractivity contribution in [3.8, 4) is 11.5 Å². The monoisotopic (exact) mass is 249 g/mol. The second kappa shape index (κ2) is 7.24. The molecule has 0 radical (unpaired) electrons. The van der Waals surface area contributed by atoms with E-state index in [1.807, 2.05) is 11.5 Å². The molecular weight excluding hydrogens is 244 g/mol. The molecule has 0 aromatic heterocycles. The Morgan fingerprint density at radius 1 is 1.20 bits per heavy atom. The molecule has 0 spiro atoms. The summed E-state index contributed by atoms with van der Waals surface area (Å²) in [5.41, 5.74) is 0. The Kier molecular flexibility index (Phi) is 6.72. The first-order chi connectivity index (χ1) is 7.02. The van der Waals surface area contributed by atoms with Gasteiger partial charge in [-0.15, -0.1) is 0 Å².